The van der Waals surface area contributed by atoms with E-state index < -0.39 is 10.8 Å². The van der Waals surface area contributed by atoms with Crippen molar-refractivity contribution in [1.29, 1.82) is 0 Å². The molecule has 0 bridgehead atoms. The molecule has 2 heterocycles. The van der Waals surface area contributed by atoms with Crippen molar-refractivity contribution in [2.45, 2.75) is 18.9 Å². The van der Waals surface area contributed by atoms with E-state index in [1.165, 1.54) is 6.33 Å². The number of hydrogen-bond donors (Lipinski definition) is 2. The van der Waals surface area contributed by atoms with Crippen LogP contribution in [0.2, 0.25) is 0 Å². The van der Waals surface area contributed by atoms with Crippen LogP contribution in [0.15, 0.2) is 35.1 Å². The third-order valence-corrected chi connectivity index (χ3v) is 5.48. The standard InChI is InChI=1S/C18H22BrN7O3/c1-24-9-7-14(8-10-24)25(2)17-15(26(28)29)16(20-11-21-17)22-23-18(27)12-3-5-13(19)6-4-12/h3-6,11,14H,7-10H2,1-2H3,(H,23,27)(H,20,21,22). The van der Waals surface area contributed by atoms with Crippen LogP contribution < -0.4 is 15.8 Å². The van der Waals surface area contributed by atoms with Gasteiger partial charge in [-0.3, -0.25) is 25.8 Å². The number of nitrogens with zero attached hydrogens (tertiary/aromatic N) is 5. The number of hydrogen-bond acceptors (Lipinski definition) is 8. The van der Waals surface area contributed by atoms with E-state index in [4.69, 9.17) is 0 Å². The molecule has 1 amide bonds. The molecule has 0 saturated carbocycles. The van der Waals surface area contributed by atoms with Crippen LogP contribution >= 0.6 is 15.9 Å². The normalized spacial score (nSPS) is 15.0. The van der Waals surface area contributed by atoms with E-state index in [-0.39, 0.29) is 23.4 Å². The molecular weight excluding hydrogens is 442 g/mol. The number of amides is 1. The summed E-state index contributed by atoms with van der Waals surface area (Å²) in [7, 11) is 3.86. The minimum absolute atomic E-state index is 0.0646. The third-order valence-electron chi connectivity index (χ3n) is 4.96. The summed E-state index contributed by atoms with van der Waals surface area (Å²) in [5.74, 6) is -0.277. The van der Waals surface area contributed by atoms with Crippen LogP contribution in [-0.2, 0) is 0 Å². The molecule has 0 atom stereocenters. The van der Waals surface area contributed by atoms with Crippen LogP contribution in [0.5, 0.6) is 0 Å². The van der Waals surface area contributed by atoms with Crippen LogP contribution in [0.3, 0.4) is 0 Å². The number of carbonyl (C=O) groups excluding carboxylic acids is 1. The molecule has 2 aromatic rings. The number of nitro groups is 1. The monoisotopic (exact) mass is 463 g/mol. The first-order valence-corrected chi connectivity index (χ1v) is 9.89. The van der Waals surface area contributed by atoms with E-state index in [0.29, 0.717) is 5.56 Å². The predicted molar refractivity (Wildman–Crippen MR) is 113 cm³/mol. The van der Waals surface area contributed by atoms with Crippen LogP contribution in [0.4, 0.5) is 17.3 Å². The number of halogens is 1. The molecule has 154 valence electrons. The first kappa shape index (κ1) is 20.9. The largest absolute Gasteiger partial charge is 0.355 e. The van der Waals surface area contributed by atoms with Crippen LogP contribution in [0.25, 0.3) is 0 Å². The Hall–Kier alpha value is -2.79. The first-order chi connectivity index (χ1) is 13.9. The molecule has 0 spiro atoms. The van der Waals surface area contributed by atoms with Gasteiger partial charge in [-0.25, -0.2) is 9.97 Å². The highest BCUT2D eigenvalue weighted by molar-refractivity contribution is 9.10. The molecule has 0 aliphatic carbocycles. The van der Waals surface area contributed by atoms with Crippen molar-refractivity contribution in [3.63, 3.8) is 0 Å². The molecule has 10 nitrogen and oxygen atoms in total. The number of nitrogens with one attached hydrogen (secondary N) is 2. The fourth-order valence-corrected chi connectivity index (χ4v) is 3.50. The number of rotatable bonds is 6. The molecule has 0 unspecified atom stereocenters. The number of aromatic nitrogens is 2. The van der Waals surface area contributed by atoms with Gasteiger partial charge in [0, 0.05) is 23.1 Å². The van der Waals surface area contributed by atoms with E-state index >= 15 is 0 Å². The Balaban J connectivity index is 1.78. The van der Waals surface area contributed by atoms with Crippen LogP contribution in [0.1, 0.15) is 23.2 Å². The maximum Gasteiger partial charge on any atom is 0.355 e. The number of hydrazine groups is 1. The maximum absolute atomic E-state index is 12.3. The van der Waals surface area contributed by atoms with E-state index in [2.05, 4.69) is 48.7 Å². The summed E-state index contributed by atoms with van der Waals surface area (Å²) in [5, 5.41) is 11.8. The third kappa shape index (κ3) is 4.98. The van der Waals surface area contributed by atoms with Gasteiger partial charge in [-0.15, -0.1) is 0 Å². The second kappa shape index (κ2) is 9.14. The molecular formula is C18H22BrN7O3. The Morgan fingerprint density at radius 3 is 2.55 bits per heavy atom. The van der Waals surface area contributed by atoms with Gasteiger partial charge in [0.25, 0.3) is 5.91 Å². The zero-order valence-corrected chi connectivity index (χ0v) is 17.7. The maximum atomic E-state index is 12.3. The fourth-order valence-electron chi connectivity index (χ4n) is 3.23. The van der Waals surface area contributed by atoms with Gasteiger partial charge >= 0.3 is 5.69 Å². The summed E-state index contributed by atoms with van der Waals surface area (Å²) in [6, 6.07) is 6.88. The zero-order chi connectivity index (χ0) is 21.0. The highest BCUT2D eigenvalue weighted by Crippen LogP contribution is 2.33. The van der Waals surface area contributed by atoms with Crippen molar-refractivity contribution in [2.24, 2.45) is 0 Å². The van der Waals surface area contributed by atoms with E-state index in [1.807, 2.05) is 4.90 Å². The number of anilines is 2. The Morgan fingerprint density at radius 2 is 1.93 bits per heavy atom. The number of likely N-dealkylation sites (tertiary alicyclic amines) is 1. The van der Waals surface area contributed by atoms with E-state index in [1.54, 1.807) is 31.3 Å². The predicted octanol–water partition coefficient (Wildman–Crippen LogP) is 2.43. The van der Waals surface area contributed by atoms with Crippen molar-refractivity contribution in [3.05, 3.63) is 50.7 Å². The van der Waals surface area contributed by atoms with Gasteiger partial charge < -0.3 is 9.80 Å². The van der Waals surface area contributed by atoms with Crippen molar-refractivity contribution in [3.8, 4) is 0 Å². The van der Waals surface area contributed by atoms with Gasteiger partial charge in [0.2, 0.25) is 11.6 Å². The Bertz CT molecular complexity index is 886. The van der Waals surface area contributed by atoms with Gasteiger partial charge in [-0.1, -0.05) is 15.9 Å². The smallest absolute Gasteiger partial charge is 0.351 e. The minimum atomic E-state index is -0.533. The molecule has 1 aromatic carbocycles. The average molecular weight is 464 g/mol. The molecule has 1 aliphatic heterocycles. The molecule has 1 saturated heterocycles. The molecule has 0 radical (unpaired) electrons. The van der Waals surface area contributed by atoms with Gasteiger partial charge in [-0.2, -0.15) is 0 Å². The SMILES string of the molecule is CN1CCC(N(C)c2ncnc(NNC(=O)c3ccc(Br)cc3)c2[N+](=O)[O-])CC1. The highest BCUT2D eigenvalue weighted by atomic mass is 79.9. The van der Waals surface area contributed by atoms with Gasteiger partial charge in [0.05, 0.1) is 4.92 Å². The van der Waals surface area contributed by atoms with Crippen molar-refractivity contribution >= 4 is 39.2 Å². The Kier molecular flexibility index (Phi) is 6.60. The molecule has 2 N–H and O–H groups in total. The van der Waals surface area contributed by atoms with Gasteiger partial charge in [0.1, 0.15) is 6.33 Å². The molecule has 1 fully saturated rings. The summed E-state index contributed by atoms with van der Waals surface area (Å²) in [5.41, 5.74) is 5.16. The van der Waals surface area contributed by atoms with Crippen molar-refractivity contribution < 1.29 is 9.72 Å². The molecule has 1 aromatic heterocycles. The number of carbonyl (C=O) groups is 1. The fraction of sp³-hybridized carbons (Fsp3) is 0.389. The molecule has 1 aliphatic rings. The summed E-state index contributed by atoms with van der Waals surface area (Å²) >= 11 is 3.31. The quantitative estimate of drug-likeness (QED) is 0.495. The lowest BCUT2D eigenvalue weighted by molar-refractivity contribution is -0.383. The minimum Gasteiger partial charge on any atom is -0.351 e. The zero-order valence-electron chi connectivity index (χ0n) is 16.1. The first-order valence-electron chi connectivity index (χ1n) is 9.09. The molecule has 29 heavy (non-hydrogen) atoms. The van der Waals surface area contributed by atoms with Crippen LogP contribution in [0, 0.1) is 10.1 Å². The molecule has 11 heteroatoms. The summed E-state index contributed by atoms with van der Waals surface area (Å²) in [6.45, 7) is 1.84. The second-order valence-corrected chi connectivity index (χ2v) is 7.80. The highest BCUT2D eigenvalue weighted by Gasteiger charge is 2.30. The number of benzene rings is 1. The average Bonchev–Trinajstić information content (AvgIpc) is 2.72. The topological polar surface area (TPSA) is 117 Å². The lowest BCUT2D eigenvalue weighted by Crippen LogP contribution is -2.42. The number of piperidine rings is 1. The van der Waals surface area contributed by atoms with E-state index in [0.717, 1.165) is 30.4 Å². The van der Waals surface area contributed by atoms with Crippen molar-refractivity contribution in [2.75, 3.05) is 37.5 Å². The van der Waals surface area contributed by atoms with E-state index in [9.17, 15) is 14.9 Å². The second-order valence-electron chi connectivity index (χ2n) is 6.88. The van der Waals surface area contributed by atoms with Gasteiger partial charge in [0.15, 0.2) is 0 Å². The van der Waals surface area contributed by atoms with Crippen molar-refractivity contribution in [1.82, 2.24) is 20.3 Å². The lowest BCUT2D eigenvalue weighted by atomic mass is 10.0. The lowest BCUT2D eigenvalue weighted by Gasteiger charge is -2.35. The molecule has 3 rings (SSSR count). The summed E-state index contributed by atoms with van der Waals surface area (Å²) in [4.78, 5) is 35.7. The Morgan fingerprint density at radius 1 is 1.28 bits per heavy atom. The summed E-state index contributed by atoms with van der Waals surface area (Å²) in [6.07, 6.45) is 3.02. The Labute approximate surface area is 176 Å². The van der Waals surface area contributed by atoms with Crippen LogP contribution in [-0.4, -0.2) is 58.9 Å². The summed E-state index contributed by atoms with van der Waals surface area (Å²) < 4.78 is 0.843. The van der Waals surface area contributed by atoms with Gasteiger partial charge in [-0.05, 0) is 57.2 Å².